The molecule has 5 nitrogen and oxygen atoms in total. The summed E-state index contributed by atoms with van der Waals surface area (Å²) in [5.41, 5.74) is 2.64. The van der Waals surface area contributed by atoms with Gasteiger partial charge in [0.25, 0.3) is 0 Å². The predicted octanol–water partition coefficient (Wildman–Crippen LogP) is 5.81. The maximum Gasteiger partial charge on any atom is 0.322 e. The number of aromatic nitrogens is 2. The summed E-state index contributed by atoms with van der Waals surface area (Å²) in [5.74, 6) is 0. The van der Waals surface area contributed by atoms with Gasteiger partial charge in [-0.3, -0.25) is 0 Å². The maximum atomic E-state index is 12.7. The average molecular weight is 413 g/mol. The second kappa shape index (κ2) is 9.08. The molecule has 0 saturated carbocycles. The Balaban J connectivity index is 1.69. The van der Waals surface area contributed by atoms with E-state index in [0.717, 1.165) is 21.7 Å². The Morgan fingerprint density at radius 1 is 1.14 bits per heavy atom. The molecule has 1 N–H and O–H groups in total. The number of carbonyl (C=O) groups is 1. The Bertz CT molecular complexity index is 968. The summed E-state index contributed by atoms with van der Waals surface area (Å²) in [4.78, 5) is 23.8. The molecule has 2 aromatic carbocycles. The molecule has 7 heteroatoms. The molecule has 0 aliphatic carbocycles. The van der Waals surface area contributed by atoms with Crippen LogP contribution >= 0.6 is 23.4 Å². The maximum absolute atomic E-state index is 12.7. The SMILES string of the molecule is Cc1cc(Sc2ncccn2)ccc1NC(=O)N(C)C(C)c1ccccc1Cl. The number of aryl methyl sites for hydroxylation is 1. The number of rotatable bonds is 5. The minimum absolute atomic E-state index is 0.154. The van der Waals surface area contributed by atoms with Crippen molar-refractivity contribution in [1.82, 2.24) is 14.9 Å². The van der Waals surface area contributed by atoms with Crippen molar-refractivity contribution in [3.05, 3.63) is 77.1 Å². The van der Waals surface area contributed by atoms with E-state index in [4.69, 9.17) is 11.6 Å². The molecular weight excluding hydrogens is 392 g/mol. The summed E-state index contributed by atoms with van der Waals surface area (Å²) in [7, 11) is 1.76. The first-order valence-corrected chi connectivity index (χ1v) is 9.99. The standard InChI is InChI=1S/C21H21ClN4OS/c1-14-13-16(28-20-23-11-6-12-24-20)9-10-19(14)25-21(27)26(3)15(2)17-7-4-5-8-18(17)22/h4-13,15H,1-3H3,(H,25,27). The first kappa shape index (κ1) is 20.2. The zero-order valence-electron chi connectivity index (χ0n) is 15.9. The van der Waals surface area contributed by atoms with Crippen LogP contribution in [0.2, 0.25) is 5.02 Å². The number of benzene rings is 2. The lowest BCUT2D eigenvalue weighted by Gasteiger charge is -2.26. The molecule has 28 heavy (non-hydrogen) atoms. The normalized spacial score (nSPS) is 11.7. The molecule has 0 aliphatic rings. The van der Waals surface area contributed by atoms with Crippen LogP contribution in [-0.2, 0) is 0 Å². The van der Waals surface area contributed by atoms with Crippen LogP contribution in [-0.4, -0.2) is 27.9 Å². The van der Waals surface area contributed by atoms with Crippen molar-refractivity contribution in [2.24, 2.45) is 0 Å². The Hall–Kier alpha value is -2.57. The molecule has 0 fully saturated rings. The summed E-state index contributed by atoms with van der Waals surface area (Å²) in [6.07, 6.45) is 3.43. The Morgan fingerprint density at radius 2 is 1.86 bits per heavy atom. The van der Waals surface area contributed by atoms with E-state index in [9.17, 15) is 4.79 Å². The molecular formula is C21H21ClN4OS. The van der Waals surface area contributed by atoms with E-state index < -0.39 is 0 Å². The van der Waals surface area contributed by atoms with E-state index in [1.54, 1.807) is 30.4 Å². The highest BCUT2D eigenvalue weighted by molar-refractivity contribution is 7.99. The van der Waals surface area contributed by atoms with Crippen molar-refractivity contribution >= 4 is 35.1 Å². The van der Waals surface area contributed by atoms with Gasteiger partial charge in [-0.1, -0.05) is 29.8 Å². The van der Waals surface area contributed by atoms with Gasteiger partial charge in [0.05, 0.1) is 6.04 Å². The van der Waals surface area contributed by atoms with Crippen molar-refractivity contribution < 1.29 is 4.79 Å². The second-order valence-corrected chi connectivity index (χ2v) is 7.80. The summed E-state index contributed by atoms with van der Waals surface area (Å²) in [6, 6.07) is 14.8. The van der Waals surface area contributed by atoms with Crippen LogP contribution in [0.1, 0.15) is 24.1 Å². The number of nitrogens with one attached hydrogen (secondary N) is 1. The monoisotopic (exact) mass is 412 g/mol. The van der Waals surface area contributed by atoms with Crippen molar-refractivity contribution in [2.45, 2.75) is 29.9 Å². The second-order valence-electron chi connectivity index (χ2n) is 6.35. The molecule has 1 atom stereocenters. The van der Waals surface area contributed by atoms with Gasteiger partial charge in [-0.05, 0) is 67.1 Å². The third kappa shape index (κ3) is 4.82. The van der Waals surface area contributed by atoms with Crippen molar-refractivity contribution in [2.75, 3.05) is 12.4 Å². The molecule has 144 valence electrons. The van der Waals surface area contributed by atoms with Crippen LogP contribution in [0.5, 0.6) is 0 Å². The summed E-state index contributed by atoms with van der Waals surface area (Å²) < 4.78 is 0. The Labute approximate surface area is 174 Å². The van der Waals surface area contributed by atoms with Gasteiger partial charge in [0, 0.05) is 35.0 Å². The minimum atomic E-state index is -0.192. The van der Waals surface area contributed by atoms with Gasteiger partial charge in [0.15, 0.2) is 5.16 Å². The van der Waals surface area contributed by atoms with Crippen molar-refractivity contribution in [3.63, 3.8) is 0 Å². The van der Waals surface area contributed by atoms with E-state index in [1.165, 1.54) is 11.8 Å². The molecule has 0 bridgehead atoms. The molecule has 1 heterocycles. The fraction of sp³-hybridized carbons (Fsp3) is 0.190. The molecule has 2 amide bonds. The van der Waals surface area contributed by atoms with Crippen molar-refractivity contribution in [1.29, 1.82) is 0 Å². The largest absolute Gasteiger partial charge is 0.322 e. The lowest BCUT2D eigenvalue weighted by atomic mass is 10.1. The Kier molecular flexibility index (Phi) is 6.54. The smallest absolute Gasteiger partial charge is 0.321 e. The third-order valence-electron chi connectivity index (χ3n) is 4.45. The van der Waals surface area contributed by atoms with Gasteiger partial charge in [-0.15, -0.1) is 0 Å². The topological polar surface area (TPSA) is 58.1 Å². The number of hydrogen-bond donors (Lipinski definition) is 1. The summed E-state index contributed by atoms with van der Waals surface area (Å²) in [5, 5.41) is 4.31. The van der Waals surface area contributed by atoms with Gasteiger partial charge in [0.2, 0.25) is 0 Å². The number of carbonyl (C=O) groups excluding carboxylic acids is 1. The van der Waals surface area contributed by atoms with Gasteiger partial charge in [-0.25, -0.2) is 14.8 Å². The van der Waals surface area contributed by atoms with E-state index in [-0.39, 0.29) is 12.1 Å². The van der Waals surface area contributed by atoms with Gasteiger partial charge < -0.3 is 10.2 Å². The van der Waals surface area contributed by atoms with Crippen LogP contribution in [0.3, 0.4) is 0 Å². The number of nitrogens with zero attached hydrogens (tertiary/aromatic N) is 3. The molecule has 1 unspecified atom stereocenters. The molecule has 3 aromatic rings. The molecule has 0 aliphatic heterocycles. The summed E-state index contributed by atoms with van der Waals surface area (Å²) in [6.45, 7) is 3.91. The van der Waals surface area contributed by atoms with E-state index in [1.807, 2.05) is 56.3 Å². The first-order chi connectivity index (χ1) is 13.5. The average Bonchev–Trinajstić information content (AvgIpc) is 2.70. The minimum Gasteiger partial charge on any atom is -0.321 e. The molecule has 0 radical (unpaired) electrons. The molecule has 0 spiro atoms. The number of amides is 2. The number of anilines is 1. The van der Waals surface area contributed by atoms with E-state index in [2.05, 4.69) is 15.3 Å². The first-order valence-electron chi connectivity index (χ1n) is 8.79. The number of hydrogen-bond acceptors (Lipinski definition) is 4. The fourth-order valence-electron chi connectivity index (χ4n) is 2.69. The fourth-order valence-corrected chi connectivity index (χ4v) is 3.79. The highest BCUT2D eigenvalue weighted by Gasteiger charge is 2.20. The zero-order valence-corrected chi connectivity index (χ0v) is 17.5. The third-order valence-corrected chi connectivity index (χ3v) is 5.67. The van der Waals surface area contributed by atoms with Gasteiger partial charge in [0.1, 0.15) is 0 Å². The Morgan fingerprint density at radius 3 is 2.54 bits per heavy atom. The van der Waals surface area contributed by atoms with Gasteiger partial charge >= 0.3 is 6.03 Å². The highest BCUT2D eigenvalue weighted by atomic mass is 35.5. The number of halogens is 1. The van der Waals surface area contributed by atoms with E-state index >= 15 is 0 Å². The van der Waals surface area contributed by atoms with Gasteiger partial charge in [-0.2, -0.15) is 0 Å². The zero-order chi connectivity index (χ0) is 20.1. The lowest BCUT2D eigenvalue weighted by Crippen LogP contribution is -2.33. The van der Waals surface area contributed by atoms with Crippen LogP contribution in [0.25, 0.3) is 0 Å². The summed E-state index contributed by atoms with van der Waals surface area (Å²) >= 11 is 7.75. The quantitative estimate of drug-likeness (QED) is 0.537. The van der Waals surface area contributed by atoms with E-state index in [0.29, 0.717) is 10.2 Å². The molecule has 1 aromatic heterocycles. The van der Waals surface area contributed by atoms with Crippen LogP contribution in [0, 0.1) is 6.92 Å². The number of urea groups is 1. The predicted molar refractivity (Wildman–Crippen MR) is 114 cm³/mol. The highest BCUT2D eigenvalue weighted by Crippen LogP contribution is 2.29. The molecule has 3 rings (SSSR count). The van der Waals surface area contributed by atoms with Crippen LogP contribution in [0.4, 0.5) is 10.5 Å². The molecule has 0 saturated heterocycles. The lowest BCUT2D eigenvalue weighted by molar-refractivity contribution is 0.208. The van der Waals surface area contributed by atoms with Crippen LogP contribution in [0.15, 0.2) is 71.0 Å². The van der Waals surface area contributed by atoms with Crippen LogP contribution < -0.4 is 5.32 Å². The van der Waals surface area contributed by atoms with Crippen molar-refractivity contribution in [3.8, 4) is 0 Å².